The van der Waals surface area contributed by atoms with Crippen LogP contribution in [-0.4, -0.2) is 43.3 Å². The van der Waals surface area contributed by atoms with Crippen molar-refractivity contribution in [1.29, 1.82) is 0 Å². The van der Waals surface area contributed by atoms with Gasteiger partial charge in [-0.2, -0.15) is 4.31 Å². The molecule has 2 fully saturated rings. The van der Waals surface area contributed by atoms with Crippen molar-refractivity contribution in [1.82, 2.24) is 9.62 Å². The van der Waals surface area contributed by atoms with Gasteiger partial charge in [-0.05, 0) is 63.1 Å². The lowest BCUT2D eigenvalue weighted by atomic mass is 10.1. The van der Waals surface area contributed by atoms with Crippen molar-refractivity contribution < 1.29 is 13.3 Å². The van der Waals surface area contributed by atoms with E-state index in [1.807, 2.05) is 0 Å². The number of aryl methyl sites for hydroxylation is 1. The van der Waals surface area contributed by atoms with Gasteiger partial charge in [0.05, 0.1) is 4.92 Å². The predicted octanol–water partition coefficient (Wildman–Crippen LogP) is 2.79. The van der Waals surface area contributed by atoms with Crippen LogP contribution in [0.3, 0.4) is 0 Å². The summed E-state index contributed by atoms with van der Waals surface area (Å²) < 4.78 is 27.5. The zero-order valence-corrected chi connectivity index (χ0v) is 16.7. The van der Waals surface area contributed by atoms with E-state index in [-0.39, 0.29) is 23.0 Å². The second-order valence-electron chi connectivity index (χ2n) is 7.14. The molecule has 0 aromatic heterocycles. The van der Waals surface area contributed by atoms with E-state index in [1.165, 1.54) is 23.2 Å². The van der Waals surface area contributed by atoms with Gasteiger partial charge in [-0.15, -0.1) is 12.4 Å². The molecule has 0 unspecified atom stereocenters. The van der Waals surface area contributed by atoms with Gasteiger partial charge in [-0.3, -0.25) is 10.1 Å². The number of hydrogen-bond donors (Lipinski definition) is 1. The van der Waals surface area contributed by atoms with Crippen molar-refractivity contribution in [3.05, 3.63) is 33.4 Å². The van der Waals surface area contributed by atoms with Crippen molar-refractivity contribution in [2.45, 2.75) is 50.5 Å². The van der Waals surface area contributed by atoms with Crippen LogP contribution in [0.1, 0.15) is 36.8 Å². The lowest BCUT2D eigenvalue weighted by Crippen LogP contribution is -2.45. The van der Waals surface area contributed by atoms with E-state index in [0.717, 1.165) is 30.9 Å². The molecular formula is C17H26ClN3O4S. The highest BCUT2D eigenvalue weighted by Gasteiger charge is 2.36. The Balaban J connectivity index is 0.00000243. The number of benzene rings is 1. The molecule has 1 aliphatic heterocycles. The van der Waals surface area contributed by atoms with Crippen molar-refractivity contribution in [2.24, 2.45) is 5.92 Å². The molecule has 7 nitrogen and oxygen atoms in total. The van der Waals surface area contributed by atoms with Gasteiger partial charge >= 0.3 is 0 Å². The Labute approximate surface area is 160 Å². The monoisotopic (exact) mass is 403 g/mol. The highest BCUT2D eigenvalue weighted by molar-refractivity contribution is 7.89. The molecule has 0 radical (unpaired) electrons. The normalized spacial score (nSPS) is 19.2. The minimum absolute atomic E-state index is 0. The van der Waals surface area contributed by atoms with Crippen LogP contribution in [0.2, 0.25) is 0 Å². The maximum Gasteiger partial charge on any atom is 0.289 e. The average Bonchev–Trinajstić information content (AvgIpc) is 3.39. The van der Waals surface area contributed by atoms with E-state index in [9.17, 15) is 18.5 Å². The lowest BCUT2D eigenvalue weighted by Gasteiger charge is -2.32. The predicted molar refractivity (Wildman–Crippen MR) is 102 cm³/mol. The summed E-state index contributed by atoms with van der Waals surface area (Å²) >= 11 is 0. The maximum atomic E-state index is 13.1. The smallest absolute Gasteiger partial charge is 0.289 e. The van der Waals surface area contributed by atoms with E-state index in [2.05, 4.69) is 5.32 Å². The summed E-state index contributed by atoms with van der Waals surface area (Å²) in [5, 5.41) is 14.8. The van der Waals surface area contributed by atoms with Crippen molar-refractivity contribution in [3.63, 3.8) is 0 Å². The third-order valence-corrected chi connectivity index (χ3v) is 7.37. The number of nitro groups is 1. The van der Waals surface area contributed by atoms with Gasteiger partial charge in [0.25, 0.3) is 5.69 Å². The Kier molecular flexibility index (Phi) is 6.65. The van der Waals surface area contributed by atoms with E-state index in [0.29, 0.717) is 24.7 Å². The molecule has 1 heterocycles. The Morgan fingerprint density at radius 1 is 1.19 bits per heavy atom. The second-order valence-corrected chi connectivity index (χ2v) is 9.02. The number of halogens is 1. The van der Waals surface area contributed by atoms with E-state index in [1.54, 1.807) is 19.9 Å². The summed E-state index contributed by atoms with van der Waals surface area (Å²) in [7, 11) is -3.87. The van der Waals surface area contributed by atoms with E-state index in [4.69, 9.17) is 0 Å². The van der Waals surface area contributed by atoms with Gasteiger partial charge in [-0.25, -0.2) is 8.42 Å². The summed E-state index contributed by atoms with van der Waals surface area (Å²) in [5.41, 5.74) is 0.866. The first-order valence-electron chi connectivity index (χ1n) is 8.79. The molecule has 146 valence electrons. The van der Waals surface area contributed by atoms with Crippen LogP contribution >= 0.6 is 12.4 Å². The minimum atomic E-state index is -3.87. The van der Waals surface area contributed by atoms with Crippen LogP contribution in [0, 0.1) is 29.9 Å². The summed E-state index contributed by atoms with van der Waals surface area (Å²) in [4.78, 5) is 10.6. The molecule has 1 N–H and O–H groups in total. The summed E-state index contributed by atoms with van der Waals surface area (Å²) in [6.45, 7) is 5.22. The van der Waals surface area contributed by atoms with Crippen LogP contribution in [0.25, 0.3) is 0 Å². The fourth-order valence-corrected chi connectivity index (χ4v) is 5.23. The number of sulfonamides is 1. The standard InChI is InChI=1S/C17H25N3O4S.ClH/c1-12-3-6-16(20(21)22)17(13(12)2)25(23,24)19-9-7-15(8-10-19)18-11-14-4-5-14;/h3,6,14-15,18H,4-5,7-11H2,1-2H3;1H. The van der Waals surface area contributed by atoms with Crippen LogP contribution in [0.15, 0.2) is 17.0 Å². The minimum Gasteiger partial charge on any atom is -0.314 e. The van der Waals surface area contributed by atoms with Crippen molar-refractivity contribution in [2.75, 3.05) is 19.6 Å². The molecule has 1 saturated carbocycles. The molecule has 26 heavy (non-hydrogen) atoms. The highest BCUT2D eigenvalue weighted by atomic mass is 35.5. The van der Waals surface area contributed by atoms with Crippen LogP contribution in [-0.2, 0) is 10.0 Å². The Morgan fingerprint density at radius 3 is 2.35 bits per heavy atom. The van der Waals surface area contributed by atoms with Crippen LogP contribution < -0.4 is 5.32 Å². The molecule has 0 bridgehead atoms. The third-order valence-electron chi connectivity index (χ3n) is 5.30. The molecule has 0 atom stereocenters. The van der Waals surface area contributed by atoms with E-state index >= 15 is 0 Å². The second kappa shape index (κ2) is 8.21. The maximum absolute atomic E-state index is 13.1. The van der Waals surface area contributed by atoms with Crippen molar-refractivity contribution in [3.8, 4) is 0 Å². The number of nitrogens with zero attached hydrogens (tertiary/aromatic N) is 2. The van der Waals surface area contributed by atoms with Crippen LogP contribution in [0.5, 0.6) is 0 Å². The lowest BCUT2D eigenvalue weighted by molar-refractivity contribution is -0.388. The SMILES string of the molecule is Cc1ccc([N+](=O)[O-])c(S(=O)(=O)N2CCC(NCC3CC3)CC2)c1C.Cl. The molecule has 3 rings (SSSR count). The highest BCUT2D eigenvalue weighted by Crippen LogP contribution is 2.33. The quantitative estimate of drug-likeness (QED) is 0.582. The van der Waals surface area contributed by atoms with Crippen LogP contribution in [0.4, 0.5) is 5.69 Å². The molecule has 1 aromatic rings. The number of nitrogens with one attached hydrogen (secondary N) is 1. The Morgan fingerprint density at radius 2 is 1.81 bits per heavy atom. The number of rotatable bonds is 6. The fraction of sp³-hybridized carbons (Fsp3) is 0.647. The topological polar surface area (TPSA) is 92.5 Å². The zero-order valence-electron chi connectivity index (χ0n) is 15.1. The summed E-state index contributed by atoms with van der Waals surface area (Å²) in [6, 6.07) is 3.22. The molecule has 0 spiro atoms. The molecule has 9 heteroatoms. The summed E-state index contributed by atoms with van der Waals surface area (Å²) in [5.74, 6) is 0.791. The Hall–Kier alpha value is -1.22. The first-order valence-corrected chi connectivity index (χ1v) is 10.2. The number of nitro benzene ring substituents is 1. The number of hydrogen-bond acceptors (Lipinski definition) is 5. The largest absolute Gasteiger partial charge is 0.314 e. The fourth-order valence-electron chi connectivity index (χ4n) is 3.33. The first-order chi connectivity index (χ1) is 11.8. The van der Waals surface area contributed by atoms with Gasteiger partial charge in [-0.1, -0.05) is 6.07 Å². The van der Waals surface area contributed by atoms with Gasteiger partial charge in [0.15, 0.2) is 4.90 Å². The molecule has 1 aromatic carbocycles. The molecule has 2 aliphatic rings. The summed E-state index contributed by atoms with van der Waals surface area (Å²) in [6.07, 6.45) is 4.06. The number of piperidine rings is 1. The van der Waals surface area contributed by atoms with Gasteiger partial charge in [0.2, 0.25) is 10.0 Å². The zero-order chi connectivity index (χ0) is 18.2. The molecule has 1 saturated heterocycles. The van der Waals surface area contributed by atoms with Gasteiger partial charge in [0.1, 0.15) is 0 Å². The average molecular weight is 404 g/mol. The van der Waals surface area contributed by atoms with Gasteiger partial charge in [0, 0.05) is 25.2 Å². The van der Waals surface area contributed by atoms with Gasteiger partial charge < -0.3 is 5.32 Å². The van der Waals surface area contributed by atoms with E-state index < -0.39 is 14.9 Å². The molecule has 0 amide bonds. The Bertz CT molecular complexity index is 772. The van der Waals surface area contributed by atoms with Crippen molar-refractivity contribution >= 4 is 28.1 Å². The molecule has 1 aliphatic carbocycles. The molecular weight excluding hydrogens is 378 g/mol. The third kappa shape index (κ3) is 4.36. The first kappa shape index (κ1) is 21.1.